The topological polar surface area (TPSA) is 86.7 Å². The molecule has 1 aromatic carbocycles. The highest BCUT2D eigenvalue weighted by molar-refractivity contribution is 5.51. The fourth-order valence-electron chi connectivity index (χ4n) is 1.64. The molecule has 0 aliphatic carbocycles. The van der Waals surface area contributed by atoms with Crippen molar-refractivity contribution in [1.29, 1.82) is 0 Å². The number of nitrogens with two attached hydrogens (primary N) is 1. The minimum Gasteiger partial charge on any atom is -0.504 e. The van der Waals surface area contributed by atoms with Crippen LogP contribution in [-0.4, -0.2) is 21.9 Å². The van der Waals surface area contributed by atoms with Crippen LogP contribution in [0.5, 0.6) is 11.5 Å². The molecule has 0 fully saturated rings. The number of rotatable bonds is 3. The van der Waals surface area contributed by atoms with Crippen LogP contribution in [0.1, 0.15) is 37.0 Å². The molecule has 0 amide bonds. The molecule has 0 heterocycles. The average Bonchev–Trinajstić information content (AvgIpc) is 2.20. The van der Waals surface area contributed by atoms with Crippen molar-refractivity contribution in [2.45, 2.75) is 25.9 Å². The fraction of sp³-hybridized carbons (Fsp3) is 0.455. The van der Waals surface area contributed by atoms with E-state index in [0.29, 0.717) is 11.1 Å². The summed E-state index contributed by atoms with van der Waals surface area (Å²) in [5, 5.41) is 28.7. The summed E-state index contributed by atoms with van der Waals surface area (Å²) in [6.07, 6.45) is -0.811. The molecule has 0 unspecified atom stereocenters. The molecule has 1 rings (SSSR count). The molecule has 0 bridgehead atoms. The van der Waals surface area contributed by atoms with E-state index in [1.807, 2.05) is 13.8 Å². The summed E-state index contributed by atoms with van der Waals surface area (Å²) in [6.45, 7) is 3.84. The maximum atomic E-state index is 9.69. The Hall–Kier alpha value is -1.26. The summed E-state index contributed by atoms with van der Waals surface area (Å²) in [4.78, 5) is 0. The first-order valence-corrected chi connectivity index (χ1v) is 4.91. The Morgan fingerprint density at radius 3 is 2.33 bits per heavy atom. The Kier molecular flexibility index (Phi) is 3.55. The molecule has 5 N–H and O–H groups in total. The second-order valence-electron chi connectivity index (χ2n) is 3.84. The molecule has 1 atom stereocenters. The van der Waals surface area contributed by atoms with Crippen LogP contribution in [0.25, 0.3) is 0 Å². The van der Waals surface area contributed by atoms with Gasteiger partial charge < -0.3 is 21.1 Å². The van der Waals surface area contributed by atoms with Crippen LogP contribution in [0.4, 0.5) is 0 Å². The van der Waals surface area contributed by atoms with Gasteiger partial charge in [0.25, 0.3) is 0 Å². The molecule has 15 heavy (non-hydrogen) atoms. The number of benzene rings is 1. The molecule has 0 saturated carbocycles. The first kappa shape index (κ1) is 11.8. The lowest BCUT2D eigenvalue weighted by molar-refractivity contribution is 0.184. The molecule has 4 nitrogen and oxygen atoms in total. The highest BCUT2D eigenvalue weighted by Crippen LogP contribution is 2.38. The highest BCUT2D eigenvalue weighted by Gasteiger charge is 2.19. The number of phenolic OH excluding ortho intramolecular Hbond substituents is 2. The van der Waals surface area contributed by atoms with E-state index >= 15 is 0 Å². The summed E-state index contributed by atoms with van der Waals surface area (Å²) in [7, 11) is 0. The third-order valence-corrected chi connectivity index (χ3v) is 2.39. The largest absolute Gasteiger partial charge is 0.504 e. The van der Waals surface area contributed by atoms with Crippen molar-refractivity contribution >= 4 is 0 Å². The van der Waals surface area contributed by atoms with Gasteiger partial charge in [-0.15, -0.1) is 0 Å². The molecule has 0 aliphatic rings. The van der Waals surface area contributed by atoms with Crippen molar-refractivity contribution in [2.75, 3.05) is 6.54 Å². The molecule has 0 radical (unpaired) electrons. The van der Waals surface area contributed by atoms with Gasteiger partial charge in [-0.05, 0) is 17.5 Å². The van der Waals surface area contributed by atoms with Crippen molar-refractivity contribution in [3.63, 3.8) is 0 Å². The lowest BCUT2D eigenvalue weighted by atomic mass is 9.92. The first-order chi connectivity index (χ1) is 6.99. The molecule has 1 aromatic rings. The lowest BCUT2D eigenvalue weighted by Gasteiger charge is -2.18. The molecule has 84 valence electrons. The Bertz CT molecular complexity index is 350. The summed E-state index contributed by atoms with van der Waals surface area (Å²) in [5.41, 5.74) is 6.49. The van der Waals surface area contributed by atoms with E-state index < -0.39 is 6.10 Å². The number of aromatic hydroxyl groups is 2. The summed E-state index contributed by atoms with van der Waals surface area (Å²) in [6, 6.07) is 2.94. The summed E-state index contributed by atoms with van der Waals surface area (Å²) >= 11 is 0. The second-order valence-corrected chi connectivity index (χ2v) is 3.84. The molecule has 0 saturated heterocycles. The number of hydrogen-bond donors (Lipinski definition) is 4. The van der Waals surface area contributed by atoms with Gasteiger partial charge in [0, 0.05) is 12.1 Å². The third-order valence-electron chi connectivity index (χ3n) is 2.39. The zero-order valence-corrected chi connectivity index (χ0v) is 8.94. The Balaban J connectivity index is 3.33. The van der Waals surface area contributed by atoms with E-state index in [1.54, 1.807) is 6.07 Å². The number of phenols is 2. The van der Waals surface area contributed by atoms with Gasteiger partial charge in [0.05, 0.1) is 6.10 Å². The van der Waals surface area contributed by atoms with Crippen molar-refractivity contribution in [3.8, 4) is 11.5 Å². The monoisotopic (exact) mass is 211 g/mol. The normalized spacial score (nSPS) is 13.1. The predicted molar refractivity (Wildman–Crippen MR) is 57.9 cm³/mol. The minimum atomic E-state index is -0.811. The van der Waals surface area contributed by atoms with Gasteiger partial charge in [-0.2, -0.15) is 0 Å². The molecular formula is C11H17NO3. The maximum absolute atomic E-state index is 9.69. The molecule has 0 aliphatic heterocycles. The van der Waals surface area contributed by atoms with Crippen LogP contribution < -0.4 is 5.73 Å². The van der Waals surface area contributed by atoms with Gasteiger partial charge in [0.2, 0.25) is 0 Å². The van der Waals surface area contributed by atoms with Gasteiger partial charge in [-0.3, -0.25) is 0 Å². The smallest absolute Gasteiger partial charge is 0.161 e. The zero-order chi connectivity index (χ0) is 11.6. The highest BCUT2D eigenvalue weighted by atomic mass is 16.3. The third kappa shape index (κ3) is 2.22. The number of aliphatic hydroxyl groups is 1. The van der Waals surface area contributed by atoms with Crippen molar-refractivity contribution in [2.24, 2.45) is 5.73 Å². The van der Waals surface area contributed by atoms with E-state index in [0.717, 1.165) is 0 Å². The minimum absolute atomic E-state index is 0.00769. The van der Waals surface area contributed by atoms with E-state index in [4.69, 9.17) is 5.73 Å². The Labute approximate surface area is 89.0 Å². The summed E-state index contributed by atoms with van der Waals surface area (Å²) < 4.78 is 0. The van der Waals surface area contributed by atoms with Crippen LogP contribution in [-0.2, 0) is 0 Å². The zero-order valence-electron chi connectivity index (χ0n) is 8.94. The standard InChI is InChI=1S/C11H17NO3/c1-6(2)10-7(9(14)5-12)3-4-8(13)11(10)15/h3-4,6,9,13-15H,5,12H2,1-2H3/t9-/m0/s1. The molecule has 0 aromatic heterocycles. The van der Waals surface area contributed by atoms with Crippen LogP contribution in [0.2, 0.25) is 0 Å². The first-order valence-electron chi connectivity index (χ1n) is 4.91. The van der Waals surface area contributed by atoms with Gasteiger partial charge in [-0.25, -0.2) is 0 Å². The summed E-state index contributed by atoms with van der Waals surface area (Å²) in [5.74, 6) is -0.338. The van der Waals surface area contributed by atoms with Gasteiger partial charge >= 0.3 is 0 Å². The fourth-order valence-corrected chi connectivity index (χ4v) is 1.64. The van der Waals surface area contributed by atoms with Gasteiger partial charge in [-0.1, -0.05) is 19.9 Å². The van der Waals surface area contributed by atoms with Gasteiger partial charge in [0.1, 0.15) is 0 Å². The van der Waals surface area contributed by atoms with E-state index in [1.165, 1.54) is 6.07 Å². The van der Waals surface area contributed by atoms with Crippen LogP contribution >= 0.6 is 0 Å². The van der Waals surface area contributed by atoms with E-state index in [-0.39, 0.29) is 24.0 Å². The Morgan fingerprint density at radius 2 is 1.87 bits per heavy atom. The number of aliphatic hydroxyl groups excluding tert-OH is 1. The van der Waals surface area contributed by atoms with Crippen molar-refractivity contribution in [3.05, 3.63) is 23.3 Å². The SMILES string of the molecule is CC(C)c1c([C@@H](O)CN)ccc(O)c1O. The van der Waals surface area contributed by atoms with E-state index in [9.17, 15) is 15.3 Å². The average molecular weight is 211 g/mol. The molecular weight excluding hydrogens is 194 g/mol. The van der Waals surface area contributed by atoms with E-state index in [2.05, 4.69) is 0 Å². The van der Waals surface area contributed by atoms with Gasteiger partial charge in [0.15, 0.2) is 11.5 Å². The molecule has 0 spiro atoms. The van der Waals surface area contributed by atoms with Crippen LogP contribution in [0.15, 0.2) is 12.1 Å². The quantitative estimate of drug-likeness (QED) is 0.566. The maximum Gasteiger partial charge on any atom is 0.161 e. The van der Waals surface area contributed by atoms with Crippen LogP contribution in [0, 0.1) is 0 Å². The molecule has 4 heteroatoms. The predicted octanol–water partition coefficient (Wildman–Crippen LogP) is 1.21. The lowest BCUT2D eigenvalue weighted by Crippen LogP contribution is -2.14. The second kappa shape index (κ2) is 4.51. The van der Waals surface area contributed by atoms with Crippen molar-refractivity contribution < 1.29 is 15.3 Å². The number of hydrogen-bond acceptors (Lipinski definition) is 4. The van der Waals surface area contributed by atoms with Crippen molar-refractivity contribution in [1.82, 2.24) is 0 Å². The Morgan fingerprint density at radius 1 is 1.27 bits per heavy atom. The van der Waals surface area contributed by atoms with Crippen LogP contribution in [0.3, 0.4) is 0 Å².